The van der Waals surface area contributed by atoms with Gasteiger partial charge >= 0.3 is 0 Å². The van der Waals surface area contributed by atoms with Gasteiger partial charge in [0.05, 0.1) is 6.61 Å². The highest BCUT2D eigenvalue weighted by molar-refractivity contribution is 5.94. The van der Waals surface area contributed by atoms with Crippen molar-refractivity contribution in [2.45, 2.75) is 20.4 Å². The minimum atomic E-state index is -0.103. The van der Waals surface area contributed by atoms with Crippen LogP contribution in [-0.2, 0) is 6.54 Å². The summed E-state index contributed by atoms with van der Waals surface area (Å²) in [5.74, 6) is 1.16. The maximum Gasteiger partial charge on any atom is 0.251 e. The summed E-state index contributed by atoms with van der Waals surface area (Å²) >= 11 is 0. The Morgan fingerprint density at radius 1 is 1.24 bits per heavy atom. The number of benzene rings is 1. The normalized spacial score (nSPS) is 10.4. The molecule has 1 aromatic carbocycles. The number of carbonyl (C=O) groups excluding carboxylic acids is 1. The van der Waals surface area contributed by atoms with Crippen LogP contribution < -0.4 is 10.1 Å². The third-order valence-electron chi connectivity index (χ3n) is 2.88. The minimum Gasteiger partial charge on any atom is -0.493 e. The summed E-state index contributed by atoms with van der Waals surface area (Å²) in [7, 11) is 0. The summed E-state index contributed by atoms with van der Waals surface area (Å²) in [5.41, 5.74) is 1.60. The summed E-state index contributed by atoms with van der Waals surface area (Å²) in [6, 6.07) is 11.0. The number of hydrogen-bond acceptors (Lipinski definition) is 3. The molecular weight excluding hydrogens is 264 g/mol. The largest absolute Gasteiger partial charge is 0.493 e. The first-order chi connectivity index (χ1) is 10.1. The average molecular weight is 284 g/mol. The van der Waals surface area contributed by atoms with Gasteiger partial charge < -0.3 is 10.1 Å². The van der Waals surface area contributed by atoms with Crippen molar-refractivity contribution in [1.29, 1.82) is 0 Å². The molecule has 0 bridgehead atoms. The van der Waals surface area contributed by atoms with Crippen LogP contribution in [0.5, 0.6) is 5.75 Å². The maximum atomic E-state index is 12.0. The molecule has 0 saturated carbocycles. The standard InChI is InChI=1S/C17H20N2O2/c1-13(2)12-21-16-7-5-15(6-8-16)17(20)19-11-14-4-3-9-18-10-14/h3-10,13H,11-12H2,1-2H3,(H,19,20). The van der Waals surface area contributed by atoms with E-state index in [-0.39, 0.29) is 5.91 Å². The lowest BCUT2D eigenvalue weighted by Gasteiger charge is -2.09. The van der Waals surface area contributed by atoms with E-state index < -0.39 is 0 Å². The molecule has 2 aromatic rings. The van der Waals surface area contributed by atoms with Crippen LogP contribution in [0.25, 0.3) is 0 Å². The van der Waals surface area contributed by atoms with Crippen molar-refractivity contribution in [2.24, 2.45) is 5.92 Å². The van der Waals surface area contributed by atoms with E-state index in [4.69, 9.17) is 4.74 Å². The number of carbonyl (C=O) groups is 1. The quantitative estimate of drug-likeness (QED) is 0.887. The van der Waals surface area contributed by atoms with E-state index in [2.05, 4.69) is 24.1 Å². The Kier molecular flexibility index (Phi) is 5.32. The van der Waals surface area contributed by atoms with E-state index in [1.54, 1.807) is 24.5 Å². The van der Waals surface area contributed by atoms with Crippen LogP contribution in [-0.4, -0.2) is 17.5 Å². The van der Waals surface area contributed by atoms with Crippen molar-refractivity contribution in [3.05, 3.63) is 59.9 Å². The van der Waals surface area contributed by atoms with Gasteiger partial charge in [0.2, 0.25) is 0 Å². The molecule has 4 nitrogen and oxygen atoms in total. The minimum absolute atomic E-state index is 0.103. The molecule has 21 heavy (non-hydrogen) atoms. The first-order valence-electron chi connectivity index (χ1n) is 7.05. The van der Waals surface area contributed by atoms with E-state index in [0.717, 1.165) is 11.3 Å². The van der Waals surface area contributed by atoms with Crippen LogP contribution in [0.2, 0.25) is 0 Å². The molecule has 0 atom stereocenters. The van der Waals surface area contributed by atoms with Gasteiger partial charge in [-0.15, -0.1) is 0 Å². The van der Waals surface area contributed by atoms with E-state index in [0.29, 0.717) is 24.6 Å². The molecule has 0 saturated heterocycles. The molecule has 1 aromatic heterocycles. The monoisotopic (exact) mass is 284 g/mol. The third kappa shape index (κ3) is 4.91. The summed E-state index contributed by atoms with van der Waals surface area (Å²) in [6.07, 6.45) is 3.45. The van der Waals surface area contributed by atoms with E-state index in [9.17, 15) is 4.79 Å². The van der Waals surface area contributed by atoms with Gasteiger partial charge in [-0.3, -0.25) is 9.78 Å². The summed E-state index contributed by atoms with van der Waals surface area (Å²) < 4.78 is 5.59. The van der Waals surface area contributed by atoms with Crippen LogP contribution in [0.4, 0.5) is 0 Å². The lowest BCUT2D eigenvalue weighted by atomic mass is 10.2. The van der Waals surface area contributed by atoms with E-state index in [1.807, 2.05) is 24.3 Å². The highest BCUT2D eigenvalue weighted by Crippen LogP contribution is 2.13. The highest BCUT2D eigenvalue weighted by atomic mass is 16.5. The molecule has 1 heterocycles. The Balaban J connectivity index is 1.88. The smallest absolute Gasteiger partial charge is 0.251 e. The number of pyridine rings is 1. The van der Waals surface area contributed by atoms with E-state index >= 15 is 0 Å². The van der Waals surface area contributed by atoms with Crippen LogP contribution >= 0.6 is 0 Å². The Morgan fingerprint density at radius 2 is 2.00 bits per heavy atom. The number of amides is 1. The van der Waals surface area contributed by atoms with E-state index in [1.165, 1.54) is 0 Å². The van der Waals surface area contributed by atoms with Gasteiger partial charge in [0, 0.05) is 24.5 Å². The van der Waals surface area contributed by atoms with Crippen molar-refractivity contribution < 1.29 is 9.53 Å². The topological polar surface area (TPSA) is 51.2 Å². The second-order valence-corrected chi connectivity index (χ2v) is 5.27. The fourth-order valence-corrected chi connectivity index (χ4v) is 1.75. The lowest BCUT2D eigenvalue weighted by molar-refractivity contribution is 0.0951. The number of nitrogens with one attached hydrogen (secondary N) is 1. The predicted molar refractivity (Wildman–Crippen MR) is 82.2 cm³/mol. The Hall–Kier alpha value is -2.36. The molecule has 0 unspecified atom stereocenters. The van der Waals surface area contributed by atoms with Crippen LogP contribution in [0.15, 0.2) is 48.8 Å². The van der Waals surface area contributed by atoms with Gasteiger partial charge in [-0.2, -0.15) is 0 Å². The number of rotatable bonds is 6. The molecule has 2 rings (SSSR count). The molecule has 1 amide bonds. The van der Waals surface area contributed by atoms with Gasteiger partial charge in [0.1, 0.15) is 5.75 Å². The number of ether oxygens (including phenoxy) is 1. The Morgan fingerprint density at radius 3 is 2.62 bits per heavy atom. The first kappa shape index (κ1) is 15.0. The molecule has 0 aliphatic rings. The predicted octanol–water partition coefficient (Wildman–Crippen LogP) is 3.05. The number of nitrogens with zero attached hydrogens (tertiary/aromatic N) is 1. The highest BCUT2D eigenvalue weighted by Gasteiger charge is 2.05. The first-order valence-corrected chi connectivity index (χ1v) is 7.05. The molecule has 0 aliphatic carbocycles. The second kappa shape index (κ2) is 7.43. The van der Waals surface area contributed by atoms with Crippen molar-refractivity contribution >= 4 is 5.91 Å². The van der Waals surface area contributed by atoms with Gasteiger partial charge in [-0.05, 0) is 41.8 Å². The zero-order valence-electron chi connectivity index (χ0n) is 12.4. The fourth-order valence-electron chi connectivity index (χ4n) is 1.75. The van der Waals surface area contributed by atoms with Crippen molar-refractivity contribution in [3.63, 3.8) is 0 Å². The SMILES string of the molecule is CC(C)COc1ccc(C(=O)NCc2cccnc2)cc1. The molecular formula is C17H20N2O2. The molecule has 1 N–H and O–H groups in total. The summed E-state index contributed by atoms with van der Waals surface area (Å²) in [6.45, 7) is 5.34. The fraction of sp³-hybridized carbons (Fsp3) is 0.294. The van der Waals surface area contributed by atoms with Crippen molar-refractivity contribution in [1.82, 2.24) is 10.3 Å². The number of hydrogen-bond donors (Lipinski definition) is 1. The molecule has 0 spiro atoms. The third-order valence-corrected chi connectivity index (χ3v) is 2.88. The van der Waals surface area contributed by atoms with Gasteiger partial charge in [0.25, 0.3) is 5.91 Å². The van der Waals surface area contributed by atoms with Crippen LogP contribution in [0.1, 0.15) is 29.8 Å². The summed E-state index contributed by atoms with van der Waals surface area (Å²) in [5, 5.41) is 2.87. The van der Waals surface area contributed by atoms with Gasteiger partial charge in [0.15, 0.2) is 0 Å². The Bertz CT molecular complexity index is 565. The molecule has 0 fully saturated rings. The van der Waals surface area contributed by atoms with Crippen LogP contribution in [0, 0.1) is 5.92 Å². The molecule has 110 valence electrons. The van der Waals surface area contributed by atoms with Crippen molar-refractivity contribution in [2.75, 3.05) is 6.61 Å². The zero-order valence-corrected chi connectivity index (χ0v) is 12.4. The maximum absolute atomic E-state index is 12.0. The van der Waals surface area contributed by atoms with Crippen molar-refractivity contribution in [3.8, 4) is 5.75 Å². The zero-order chi connectivity index (χ0) is 15.1. The Labute approximate surface area is 125 Å². The van der Waals surface area contributed by atoms with Crippen LogP contribution in [0.3, 0.4) is 0 Å². The van der Waals surface area contributed by atoms with Gasteiger partial charge in [-0.25, -0.2) is 0 Å². The average Bonchev–Trinajstić information content (AvgIpc) is 2.52. The lowest BCUT2D eigenvalue weighted by Crippen LogP contribution is -2.22. The number of aromatic nitrogens is 1. The summed E-state index contributed by atoms with van der Waals surface area (Å²) in [4.78, 5) is 16.0. The molecule has 0 radical (unpaired) electrons. The molecule has 4 heteroatoms. The van der Waals surface area contributed by atoms with Gasteiger partial charge in [-0.1, -0.05) is 19.9 Å². The second-order valence-electron chi connectivity index (χ2n) is 5.27. The molecule has 0 aliphatic heterocycles.